The minimum absolute atomic E-state index is 0.0437. The number of ether oxygens (including phenoxy) is 2. The van der Waals surface area contributed by atoms with Crippen molar-refractivity contribution in [3.8, 4) is 0 Å². The molecule has 4 saturated carbocycles. The van der Waals surface area contributed by atoms with Crippen LogP contribution in [-0.4, -0.2) is 48.5 Å². The van der Waals surface area contributed by atoms with Crippen LogP contribution in [0.15, 0.2) is 42.0 Å². The van der Waals surface area contributed by atoms with Crippen molar-refractivity contribution < 1.29 is 29.0 Å². The molecule has 6 nitrogen and oxygen atoms in total. The predicted octanol–water partition coefficient (Wildman–Crippen LogP) is 8.95. The van der Waals surface area contributed by atoms with Gasteiger partial charge in [-0.15, -0.1) is 0 Å². The van der Waals surface area contributed by atoms with Gasteiger partial charge in [-0.2, -0.15) is 0 Å². The maximum Gasteiger partial charge on any atom is 0.329 e. The summed E-state index contributed by atoms with van der Waals surface area (Å²) in [6.07, 6.45) is 14.4. The number of ketones is 1. The summed E-state index contributed by atoms with van der Waals surface area (Å²) < 4.78 is 12.4. The Morgan fingerprint density at radius 2 is 1.62 bits per heavy atom. The van der Waals surface area contributed by atoms with E-state index in [2.05, 4.69) is 67.5 Å². The van der Waals surface area contributed by atoms with E-state index in [0.29, 0.717) is 6.42 Å². The van der Waals surface area contributed by atoms with E-state index in [4.69, 9.17) is 9.47 Å². The fraction of sp³-hybridized carbons (Fsp3) is 0.707. The molecule has 6 rings (SSSR count). The molecule has 4 fully saturated rings. The van der Waals surface area contributed by atoms with Crippen LogP contribution in [0.5, 0.6) is 0 Å². The van der Waals surface area contributed by atoms with Gasteiger partial charge in [-0.25, -0.2) is 4.79 Å². The number of fused-ring (bicyclic) bond motifs is 7. The summed E-state index contributed by atoms with van der Waals surface area (Å²) in [6.45, 7) is 18.0. The summed E-state index contributed by atoms with van der Waals surface area (Å²) in [5.74, 6) is -0.795. The van der Waals surface area contributed by atoms with Gasteiger partial charge in [-0.1, -0.05) is 91.3 Å². The highest BCUT2D eigenvalue weighted by Gasteiger charge is 2.70. The number of carbonyl (C=O) groups excluding carboxylic acids is 2. The second-order valence-corrected chi connectivity index (χ2v) is 20.6. The lowest BCUT2D eigenvalue weighted by atomic mass is 9.33. The number of carboxylic acid groups (broad SMARTS) is 1. The molecule has 11 atom stereocenters. The van der Waals surface area contributed by atoms with Crippen LogP contribution in [0.4, 0.5) is 0 Å². The molecular formula is C41H59O6P. The van der Waals surface area contributed by atoms with Crippen LogP contribution >= 0.6 is 7.55 Å². The topological polar surface area (TPSA) is 89.9 Å². The molecule has 0 radical (unpaired) electrons. The molecule has 5 aliphatic carbocycles. The van der Waals surface area contributed by atoms with Crippen LogP contribution in [0.3, 0.4) is 0 Å². The normalized spacial score (nSPS) is 42.9. The largest absolute Gasteiger partial charge is 0.480 e. The summed E-state index contributed by atoms with van der Waals surface area (Å²) in [4.78, 5) is 40.3. The number of carboxylic acids is 1. The third kappa shape index (κ3) is 5.33. The van der Waals surface area contributed by atoms with E-state index in [9.17, 15) is 19.5 Å². The molecule has 264 valence electrons. The molecule has 0 aromatic heterocycles. The van der Waals surface area contributed by atoms with Gasteiger partial charge < -0.3 is 14.6 Å². The maximum absolute atomic E-state index is 14.8. The second-order valence-electron chi connectivity index (χ2n) is 18.3. The molecule has 1 aromatic rings. The van der Waals surface area contributed by atoms with Crippen molar-refractivity contribution in [2.24, 2.45) is 50.2 Å². The molecule has 48 heavy (non-hydrogen) atoms. The van der Waals surface area contributed by atoms with Crippen molar-refractivity contribution in [1.29, 1.82) is 0 Å². The van der Waals surface area contributed by atoms with E-state index in [-0.39, 0.29) is 75.1 Å². The molecule has 0 heterocycles. The van der Waals surface area contributed by atoms with Crippen molar-refractivity contribution in [3.63, 3.8) is 0 Å². The molecule has 0 aliphatic heterocycles. The smallest absolute Gasteiger partial charge is 0.329 e. The van der Waals surface area contributed by atoms with E-state index in [1.54, 1.807) is 0 Å². The van der Waals surface area contributed by atoms with Gasteiger partial charge in [0, 0.05) is 5.92 Å². The number of aliphatic carboxylic acids is 1. The maximum atomic E-state index is 14.8. The number of esters is 1. The lowest BCUT2D eigenvalue weighted by Crippen LogP contribution is -2.66. The van der Waals surface area contributed by atoms with Gasteiger partial charge in [0.1, 0.15) is 12.5 Å². The van der Waals surface area contributed by atoms with Gasteiger partial charge in [0.2, 0.25) is 0 Å². The monoisotopic (exact) mass is 678 g/mol. The molecule has 5 aliphatic rings. The van der Waals surface area contributed by atoms with Crippen LogP contribution in [0, 0.1) is 50.2 Å². The van der Waals surface area contributed by atoms with Crippen LogP contribution in [0.2, 0.25) is 0 Å². The minimum Gasteiger partial charge on any atom is -0.480 e. The standard InChI is InChI=1S/C41H59O6P/c1-36(2)30-15-18-41(7)33(39(30,5)17-16-31(36)46-25-32(43)44)29(42)23-27-28-24-38(4,20-19-37(28,3)21-22-40(27,41)6)35(45)47-34(48(8)9)26-13-11-10-12-14-26/h10-14,23,28,30-31,33-34,48H,8,15-22,24-25H2,1-7,9H3,(H,43,44)/t28-,30-,31-,33+,34?,37+,38-,39-,40+,41+/m0/s1. The quantitative estimate of drug-likeness (QED) is 0.229. The Balaban J connectivity index is 1.32. The first kappa shape index (κ1) is 35.6. The second kappa shape index (κ2) is 12.0. The Morgan fingerprint density at radius 1 is 0.958 bits per heavy atom. The molecule has 0 saturated heterocycles. The number of hydrogen-bond acceptors (Lipinski definition) is 5. The minimum atomic E-state index is -1.19. The van der Waals surface area contributed by atoms with E-state index in [0.717, 1.165) is 56.9 Å². The first-order chi connectivity index (χ1) is 22.3. The average molecular weight is 679 g/mol. The Kier molecular flexibility index (Phi) is 8.89. The fourth-order valence-corrected chi connectivity index (χ4v) is 13.2. The van der Waals surface area contributed by atoms with E-state index in [1.807, 2.05) is 30.3 Å². The Morgan fingerprint density at radius 3 is 2.27 bits per heavy atom. The number of benzene rings is 1. The Bertz CT molecular complexity index is 1530. The average Bonchev–Trinajstić information content (AvgIpc) is 3.01. The molecule has 2 unspecified atom stereocenters. The molecular weight excluding hydrogens is 619 g/mol. The predicted molar refractivity (Wildman–Crippen MR) is 193 cm³/mol. The third-order valence-electron chi connectivity index (χ3n) is 15.2. The van der Waals surface area contributed by atoms with Gasteiger partial charge in [-0.3, -0.25) is 9.59 Å². The highest BCUT2D eigenvalue weighted by Crippen LogP contribution is 2.75. The first-order valence-corrected chi connectivity index (χ1v) is 20.6. The lowest BCUT2D eigenvalue weighted by molar-refractivity contribution is -0.210. The van der Waals surface area contributed by atoms with Crippen LogP contribution in [0.1, 0.15) is 118 Å². The molecule has 1 N–H and O–H groups in total. The summed E-state index contributed by atoms with van der Waals surface area (Å²) in [5, 5.41) is 9.33. The van der Waals surface area contributed by atoms with Crippen molar-refractivity contribution in [1.82, 2.24) is 0 Å². The van der Waals surface area contributed by atoms with Gasteiger partial charge in [0.05, 0.1) is 11.5 Å². The Labute approximate surface area is 289 Å². The highest BCUT2D eigenvalue weighted by atomic mass is 31.1. The number of rotatable bonds is 7. The molecule has 0 amide bonds. The summed E-state index contributed by atoms with van der Waals surface area (Å²) in [6, 6.07) is 10.0. The van der Waals surface area contributed by atoms with Gasteiger partial charge in [-0.05, 0) is 122 Å². The summed E-state index contributed by atoms with van der Waals surface area (Å²) in [5.41, 5.74) is 0.928. The molecule has 1 aromatic carbocycles. The van der Waals surface area contributed by atoms with Gasteiger partial charge in [0.15, 0.2) is 5.78 Å². The third-order valence-corrected chi connectivity index (χ3v) is 16.5. The number of allylic oxidation sites excluding steroid dienone is 2. The highest BCUT2D eigenvalue weighted by molar-refractivity contribution is 7.55. The van der Waals surface area contributed by atoms with Crippen molar-refractivity contribution in [3.05, 3.63) is 47.5 Å². The van der Waals surface area contributed by atoms with Gasteiger partial charge >= 0.3 is 11.9 Å². The van der Waals surface area contributed by atoms with E-state index >= 15 is 0 Å². The molecule has 0 spiro atoms. The fourth-order valence-electron chi connectivity index (χ4n) is 12.1. The van der Waals surface area contributed by atoms with Crippen LogP contribution in [0.25, 0.3) is 0 Å². The van der Waals surface area contributed by atoms with Crippen molar-refractivity contribution in [2.75, 3.05) is 13.3 Å². The summed E-state index contributed by atoms with van der Waals surface area (Å²) >= 11 is 0. The zero-order valence-electron chi connectivity index (χ0n) is 30.6. The number of hydrogen-bond donors (Lipinski definition) is 1. The van der Waals surface area contributed by atoms with Crippen LogP contribution in [-0.2, 0) is 23.9 Å². The van der Waals surface area contributed by atoms with Crippen molar-refractivity contribution >= 4 is 31.6 Å². The molecule has 7 heteroatoms. The SMILES string of the molecule is C=[PH](C)C(OC(=O)[C@@]1(C)CC[C@]2(C)CC[C@]3(C)C(=CC(=O)[C@@H]4[C@@]5(C)CC[C@H](OCC(=O)O)C(C)(C)[C@@H]5CC[C@]43C)[C@@H]2C1)c1ccccc1. The zero-order chi connectivity index (χ0) is 35.1. The summed E-state index contributed by atoms with van der Waals surface area (Å²) in [7, 11) is -1.19. The van der Waals surface area contributed by atoms with Gasteiger partial charge in [0.25, 0.3) is 0 Å². The lowest BCUT2D eigenvalue weighted by Gasteiger charge is -2.70. The van der Waals surface area contributed by atoms with Crippen molar-refractivity contribution in [2.45, 2.75) is 118 Å². The Hall–Kier alpha value is -2.17. The first-order valence-electron chi connectivity index (χ1n) is 18.3. The zero-order valence-corrected chi connectivity index (χ0v) is 31.6. The number of carbonyl (C=O) groups is 3. The van der Waals surface area contributed by atoms with Crippen LogP contribution < -0.4 is 0 Å². The van der Waals surface area contributed by atoms with E-state index < -0.39 is 18.9 Å². The van der Waals surface area contributed by atoms with E-state index in [1.165, 1.54) is 5.57 Å². The molecule has 0 bridgehead atoms.